The Kier molecular flexibility index (Phi) is 7.17. The highest BCUT2D eigenvalue weighted by Crippen LogP contribution is 2.25. The van der Waals surface area contributed by atoms with Crippen LogP contribution in [0.1, 0.15) is 30.3 Å². The standard InChI is InChI=1S/C25H35N7O3/c1-2-28-10-12-29(13-11-28)22-7-8-23(27-26-22)32-9-3-5-20(19-32)24(33)30-14-16-31(17-15-30)25(34)21-6-4-18-35-21/h4,6-8,18,20H,2-3,5,9-17,19H2,1H3/t20-/m0/s1. The zero-order chi connectivity index (χ0) is 24.2. The van der Waals surface area contributed by atoms with Gasteiger partial charge in [-0.2, -0.15) is 0 Å². The molecule has 3 aliphatic rings. The summed E-state index contributed by atoms with van der Waals surface area (Å²) in [6.45, 7) is 11.1. The van der Waals surface area contributed by atoms with E-state index in [1.165, 1.54) is 6.26 Å². The first-order chi connectivity index (χ1) is 17.1. The van der Waals surface area contributed by atoms with E-state index >= 15 is 0 Å². The molecule has 10 heteroatoms. The van der Waals surface area contributed by atoms with Crippen LogP contribution in [0.2, 0.25) is 0 Å². The second-order valence-electron chi connectivity index (χ2n) is 9.55. The lowest BCUT2D eigenvalue weighted by atomic mass is 9.96. The first-order valence-corrected chi connectivity index (χ1v) is 12.8. The number of furan rings is 1. The molecule has 2 aromatic heterocycles. The maximum absolute atomic E-state index is 13.3. The molecule has 2 amide bonds. The van der Waals surface area contributed by atoms with Gasteiger partial charge in [0.15, 0.2) is 17.4 Å². The van der Waals surface area contributed by atoms with Crippen molar-refractivity contribution in [1.29, 1.82) is 0 Å². The summed E-state index contributed by atoms with van der Waals surface area (Å²) in [5, 5.41) is 9.03. The van der Waals surface area contributed by atoms with Crippen molar-refractivity contribution in [2.24, 2.45) is 5.92 Å². The molecule has 0 bridgehead atoms. The molecule has 3 aliphatic heterocycles. The van der Waals surface area contributed by atoms with Crippen molar-refractivity contribution in [3.8, 4) is 0 Å². The topological polar surface area (TPSA) is 89.3 Å². The molecule has 188 valence electrons. The second-order valence-corrected chi connectivity index (χ2v) is 9.55. The van der Waals surface area contributed by atoms with Gasteiger partial charge in [-0.15, -0.1) is 10.2 Å². The van der Waals surface area contributed by atoms with E-state index in [2.05, 4.69) is 37.9 Å². The number of rotatable bonds is 5. The Morgan fingerprint density at radius 3 is 2.20 bits per heavy atom. The van der Waals surface area contributed by atoms with Gasteiger partial charge in [-0.05, 0) is 43.7 Å². The summed E-state index contributed by atoms with van der Waals surface area (Å²) in [6.07, 6.45) is 3.34. The van der Waals surface area contributed by atoms with Gasteiger partial charge >= 0.3 is 0 Å². The number of hydrogen-bond acceptors (Lipinski definition) is 8. The number of likely N-dealkylation sites (N-methyl/N-ethyl adjacent to an activating group) is 1. The van der Waals surface area contributed by atoms with Crippen molar-refractivity contribution in [2.45, 2.75) is 19.8 Å². The average Bonchev–Trinajstić information content (AvgIpc) is 3.48. The molecule has 5 rings (SSSR count). The molecule has 5 heterocycles. The monoisotopic (exact) mass is 481 g/mol. The van der Waals surface area contributed by atoms with E-state index < -0.39 is 0 Å². The predicted octanol–water partition coefficient (Wildman–Crippen LogP) is 1.41. The van der Waals surface area contributed by atoms with Crippen LogP contribution in [0.15, 0.2) is 34.9 Å². The molecule has 0 aliphatic carbocycles. The highest BCUT2D eigenvalue weighted by Gasteiger charge is 2.33. The number of aromatic nitrogens is 2. The van der Waals surface area contributed by atoms with Gasteiger partial charge < -0.3 is 28.9 Å². The summed E-state index contributed by atoms with van der Waals surface area (Å²) in [7, 11) is 0. The smallest absolute Gasteiger partial charge is 0.289 e. The van der Waals surface area contributed by atoms with Gasteiger partial charge in [-0.3, -0.25) is 9.59 Å². The van der Waals surface area contributed by atoms with Crippen LogP contribution >= 0.6 is 0 Å². The fourth-order valence-corrected chi connectivity index (χ4v) is 5.28. The summed E-state index contributed by atoms with van der Waals surface area (Å²) in [5.41, 5.74) is 0. The molecule has 0 N–H and O–H groups in total. The lowest BCUT2D eigenvalue weighted by Gasteiger charge is -2.39. The Morgan fingerprint density at radius 2 is 1.57 bits per heavy atom. The summed E-state index contributed by atoms with van der Waals surface area (Å²) in [4.78, 5) is 36.4. The van der Waals surface area contributed by atoms with Crippen LogP contribution in [0.25, 0.3) is 0 Å². The van der Waals surface area contributed by atoms with Crippen molar-refractivity contribution in [2.75, 3.05) is 81.8 Å². The molecule has 1 atom stereocenters. The number of piperidine rings is 1. The Morgan fingerprint density at radius 1 is 0.886 bits per heavy atom. The van der Waals surface area contributed by atoms with Crippen LogP contribution in [0.4, 0.5) is 11.6 Å². The van der Waals surface area contributed by atoms with E-state index in [1.54, 1.807) is 17.0 Å². The zero-order valence-corrected chi connectivity index (χ0v) is 20.5. The molecule has 0 radical (unpaired) electrons. The van der Waals surface area contributed by atoms with Crippen molar-refractivity contribution in [1.82, 2.24) is 24.9 Å². The molecule has 0 saturated carbocycles. The van der Waals surface area contributed by atoms with Crippen LogP contribution in [0.5, 0.6) is 0 Å². The van der Waals surface area contributed by atoms with Gasteiger partial charge in [0.25, 0.3) is 5.91 Å². The number of nitrogens with zero attached hydrogens (tertiary/aromatic N) is 7. The first kappa shape index (κ1) is 23.6. The SMILES string of the molecule is CCN1CCN(c2ccc(N3CCC[C@H](C(=O)N4CCN(C(=O)c5ccco5)CC4)C3)nn2)CC1. The van der Waals surface area contributed by atoms with E-state index in [9.17, 15) is 9.59 Å². The molecular formula is C25H35N7O3. The minimum Gasteiger partial charge on any atom is -0.459 e. The third-order valence-electron chi connectivity index (χ3n) is 7.49. The molecule has 10 nitrogen and oxygen atoms in total. The Labute approximate surface area is 206 Å². The van der Waals surface area contributed by atoms with E-state index in [-0.39, 0.29) is 17.7 Å². The number of hydrogen-bond donors (Lipinski definition) is 0. The van der Waals surface area contributed by atoms with Gasteiger partial charge in [0.1, 0.15) is 0 Å². The van der Waals surface area contributed by atoms with Gasteiger partial charge in [0, 0.05) is 65.4 Å². The van der Waals surface area contributed by atoms with E-state index in [0.717, 1.165) is 63.7 Å². The third kappa shape index (κ3) is 5.27. The summed E-state index contributed by atoms with van der Waals surface area (Å²) < 4.78 is 5.23. The number of piperazine rings is 2. The van der Waals surface area contributed by atoms with Crippen molar-refractivity contribution in [3.63, 3.8) is 0 Å². The Hall–Kier alpha value is -3.14. The van der Waals surface area contributed by atoms with E-state index in [1.807, 2.05) is 11.0 Å². The number of amides is 2. The lowest BCUT2D eigenvalue weighted by molar-refractivity contribution is -0.137. The quantitative estimate of drug-likeness (QED) is 0.634. The Balaban J connectivity index is 1.14. The van der Waals surface area contributed by atoms with Crippen LogP contribution < -0.4 is 9.80 Å². The zero-order valence-electron chi connectivity index (χ0n) is 20.5. The van der Waals surface area contributed by atoms with Crippen molar-refractivity contribution < 1.29 is 14.0 Å². The summed E-state index contributed by atoms with van der Waals surface area (Å²) >= 11 is 0. The largest absolute Gasteiger partial charge is 0.459 e. The molecule has 3 fully saturated rings. The minimum atomic E-state index is -0.111. The number of carbonyl (C=O) groups is 2. The predicted molar refractivity (Wildman–Crippen MR) is 132 cm³/mol. The van der Waals surface area contributed by atoms with Crippen LogP contribution in [0, 0.1) is 5.92 Å². The third-order valence-corrected chi connectivity index (χ3v) is 7.49. The van der Waals surface area contributed by atoms with Gasteiger partial charge in [-0.1, -0.05) is 6.92 Å². The van der Waals surface area contributed by atoms with Gasteiger partial charge in [0.2, 0.25) is 5.91 Å². The molecule has 0 aromatic carbocycles. The molecule has 2 aromatic rings. The van der Waals surface area contributed by atoms with Gasteiger partial charge in [0.05, 0.1) is 12.2 Å². The van der Waals surface area contributed by atoms with Crippen LogP contribution in [-0.2, 0) is 4.79 Å². The lowest BCUT2D eigenvalue weighted by Crippen LogP contribution is -2.53. The van der Waals surface area contributed by atoms with Crippen molar-refractivity contribution in [3.05, 3.63) is 36.3 Å². The fraction of sp³-hybridized carbons (Fsp3) is 0.600. The normalized spacial score (nSPS) is 21.9. The highest BCUT2D eigenvalue weighted by molar-refractivity contribution is 5.91. The molecule has 35 heavy (non-hydrogen) atoms. The number of anilines is 2. The molecule has 3 saturated heterocycles. The van der Waals surface area contributed by atoms with Gasteiger partial charge in [-0.25, -0.2) is 0 Å². The van der Waals surface area contributed by atoms with Crippen LogP contribution in [-0.4, -0.2) is 109 Å². The van der Waals surface area contributed by atoms with Crippen LogP contribution in [0.3, 0.4) is 0 Å². The number of carbonyl (C=O) groups excluding carboxylic acids is 2. The maximum atomic E-state index is 13.3. The second kappa shape index (κ2) is 10.6. The molecule has 0 spiro atoms. The highest BCUT2D eigenvalue weighted by atomic mass is 16.3. The average molecular weight is 482 g/mol. The fourth-order valence-electron chi connectivity index (χ4n) is 5.28. The minimum absolute atomic E-state index is 0.0559. The molecule has 0 unspecified atom stereocenters. The van der Waals surface area contributed by atoms with E-state index in [4.69, 9.17) is 4.42 Å². The maximum Gasteiger partial charge on any atom is 0.289 e. The Bertz CT molecular complexity index is 981. The molecular weight excluding hydrogens is 446 g/mol. The van der Waals surface area contributed by atoms with E-state index in [0.29, 0.717) is 38.5 Å². The summed E-state index contributed by atoms with van der Waals surface area (Å²) in [5.74, 6) is 2.13. The van der Waals surface area contributed by atoms with Crippen molar-refractivity contribution >= 4 is 23.5 Å². The summed E-state index contributed by atoms with van der Waals surface area (Å²) in [6, 6.07) is 7.50. The first-order valence-electron chi connectivity index (χ1n) is 12.8.